The van der Waals surface area contributed by atoms with Crippen LogP contribution in [0.2, 0.25) is 0 Å². The summed E-state index contributed by atoms with van der Waals surface area (Å²) in [5.41, 5.74) is 1.94. The summed E-state index contributed by atoms with van der Waals surface area (Å²) in [5.74, 6) is 0. The molecule has 1 aromatic carbocycles. The molecule has 1 aliphatic carbocycles. The Morgan fingerprint density at radius 3 is 2.48 bits per heavy atom. The molecule has 23 heavy (non-hydrogen) atoms. The van der Waals surface area contributed by atoms with Crippen LogP contribution in [0, 0.1) is 0 Å². The van der Waals surface area contributed by atoms with Crippen molar-refractivity contribution in [2.45, 2.75) is 37.8 Å². The second-order valence-corrected chi connectivity index (χ2v) is 6.11. The molecule has 0 aliphatic heterocycles. The predicted octanol–water partition coefficient (Wildman–Crippen LogP) is 3.76. The maximum Gasteiger partial charge on any atom is 0.318 e. The highest BCUT2D eigenvalue weighted by molar-refractivity contribution is 5.75. The van der Waals surface area contributed by atoms with Crippen molar-refractivity contribution in [1.82, 2.24) is 15.2 Å². The highest BCUT2D eigenvalue weighted by atomic mass is 16.2. The van der Waals surface area contributed by atoms with E-state index in [1.165, 1.54) is 12.8 Å². The van der Waals surface area contributed by atoms with Crippen molar-refractivity contribution in [3.05, 3.63) is 66.0 Å². The summed E-state index contributed by atoms with van der Waals surface area (Å²) in [6, 6.07) is 16.0. The number of carbonyl (C=O) groups excluding carboxylic acids is 1. The monoisotopic (exact) mass is 309 g/mol. The first kappa shape index (κ1) is 15.5. The number of nitrogens with one attached hydrogen (secondary N) is 1. The molecule has 0 radical (unpaired) electrons. The minimum absolute atomic E-state index is 0.0311. The third-order valence-corrected chi connectivity index (χ3v) is 4.47. The lowest BCUT2D eigenvalue weighted by molar-refractivity contribution is 0.193. The van der Waals surface area contributed by atoms with Crippen LogP contribution in [-0.4, -0.2) is 29.0 Å². The first-order chi connectivity index (χ1) is 11.3. The largest absolute Gasteiger partial charge is 0.335 e. The maximum absolute atomic E-state index is 12.7. The number of pyridine rings is 1. The molecular weight excluding hydrogens is 286 g/mol. The number of urea groups is 1. The van der Waals surface area contributed by atoms with Gasteiger partial charge in [-0.3, -0.25) is 4.98 Å². The van der Waals surface area contributed by atoms with Gasteiger partial charge in [0.25, 0.3) is 0 Å². The number of rotatable bonds is 4. The summed E-state index contributed by atoms with van der Waals surface area (Å²) in [6.45, 7) is 0. The van der Waals surface area contributed by atoms with Gasteiger partial charge in [-0.25, -0.2) is 4.79 Å². The van der Waals surface area contributed by atoms with Crippen molar-refractivity contribution in [2.24, 2.45) is 0 Å². The van der Waals surface area contributed by atoms with Gasteiger partial charge in [0.2, 0.25) is 0 Å². The fourth-order valence-electron chi connectivity index (χ4n) is 3.23. The molecule has 1 N–H and O–H groups in total. The van der Waals surface area contributed by atoms with Gasteiger partial charge in [-0.15, -0.1) is 0 Å². The van der Waals surface area contributed by atoms with E-state index in [9.17, 15) is 4.79 Å². The number of aromatic nitrogens is 1. The Morgan fingerprint density at radius 1 is 1.13 bits per heavy atom. The predicted molar refractivity (Wildman–Crippen MR) is 91.1 cm³/mol. The molecule has 0 unspecified atom stereocenters. The Bertz CT molecular complexity index is 584. The van der Waals surface area contributed by atoms with Gasteiger partial charge in [0.1, 0.15) is 6.04 Å². The van der Waals surface area contributed by atoms with Crippen LogP contribution in [0.1, 0.15) is 43.0 Å². The zero-order valence-electron chi connectivity index (χ0n) is 13.5. The van der Waals surface area contributed by atoms with Crippen LogP contribution in [0.4, 0.5) is 4.79 Å². The summed E-state index contributed by atoms with van der Waals surface area (Å²) in [4.78, 5) is 18.9. The van der Waals surface area contributed by atoms with Crippen LogP contribution >= 0.6 is 0 Å². The Morgan fingerprint density at radius 2 is 1.83 bits per heavy atom. The van der Waals surface area contributed by atoms with Crippen LogP contribution in [0.5, 0.6) is 0 Å². The number of amides is 2. The van der Waals surface area contributed by atoms with Crippen molar-refractivity contribution in [1.29, 1.82) is 0 Å². The highest BCUT2D eigenvalue weighted by Gasteiger charge is 2.26. The minimum Gasteiger partial charge on any atom is -0.335 e. The van der Waals surface area contributed by atoms with Crippen LogP contribution in [-0.2, 0) is 0 Å². The molecule has 1 heterocycles. The highest BCUT2D eigenvalue weighted by Crippen LogP contribution is 2.26. The number of nitrogens with zero attached hydrogens (tertiary/aromatic N) is 2. The van der Waals surface area contributed by atoms with Crippen molar-refractivity contribution in [3.8, 4) is 0 Å². The number of carbonyl (C=O) groups is 1. The van der Waals surface area contributed by atoms with Crippen LogP contribution in [0.25, 0.3) is 0 Å². The molecule has 2 aromatic rings. The zero-order chi connectivity index (χ0) is 16.1. The van der Waals surface area contributed by atoms with Crippen molar-refractivity contribution >= 4 is 6.03 Å². The molecule has 1 fully saturated rings. The van der Waals surface area contributed by atoms with E-state index in [-0.39, 0.29) is 12.1 Å². The van der Waals surface area contributed by atoms with Gasteiger partial charge in [-0.2, -0.15) is 0 Å². The Kier molecular flexibility index (Phi) is 4.91. The standard InChI is InChI=1S/C19H23N3O/c1-22(19(23)21-16-11-5-6-12-16)18(15-9-3-2-4-10-15)17-13-7-8-14-20-17/h2-4,7-10,13-14,16,18H,5-6,11-12H2,1H3,(H,21,23)/t18-/m0/s1. The normalized spacial score (nSPS) is 16.0. The molecule has 1 atom stereocenters. The van der Waals surface area contributed by atoms with Gasteiger partial charge in [-0.1, -0.05) is 49.2 Å². The van der Waals surface area contributed by atoms with Crippen molar-refractivity contribution in [2.75, 3.05) is 7.05 Å². The van der Waals surface area contributed by atoms with Crippen LogP contribution in [0.15, 0.2) is 54.7 Å². The summed E-state index contributed by atoms with van der Waals surface area (Å²) in [7, 11) is 1.84. The van der Waals surface area contributed by atoms with Crippen LogP contribution in [0.3, 0.4) is 0 Å². The molecule has 1 aliphatic rings. The first-order valence-corrected chi connectivity index (χ1v) is 8.25. The Hall–Kier alpha value is -2.36. The lowest BCUT2D eigenvalue weighted by Gasteiger charge is -2.29. The molecule has 4 nitrogen and oxygen atoms in total. The quantitative estimate of drug-likeness (QED) is 0.934. The molecule has 2 amide bonds. The van der Waals surface area contributed by atoms with E-state index in [1.807, 2.05) is 55.6 Å². The molecule has 0 bridgehead atoms. The molecular formula is C19H23N3O. The van der Waals surface area contributed by atoms with E-state index in [0.29, 0.717) is 6.04 Å². The molecule has 120 valence electrons. The Balaban J connectivity index is 1.84. The lowest BCUT2D eigenvalue weighted by atomic mass is 10.0. The van der Waals surface area contributed by atoms with E-state index in [1.54, 1.807) is 11.1 Å². The number of hydrogen-bond donors (Lipinski definition) is 1. The SMILES string of the molecule is CN(C(=O)NC1CCCC1)[C@@H](c1ccccc1)c1ccccn1. The second kappa shape index (κ2) is 7.27. The zero-order valence-corrected chi connectivity index (χ0v) is 13.5. The lowest BCUT2D eigenvalue weighted by Crippen LogP contribution is -2.44. The molecule has 0 saturated heterocycles. The van der Waals surface area contributed by atoms with Gasteiger partial charge in [-0.05, 0) is 30.5 Å². The fraction of sp³-hybridized carbons (Fsp3) is 0.368. The molecule has 3 rings (SSSR count). The fourth-order valence-corrected chi connectivity index (χ4v) is 3.23. The van der Waals surface area contributed by atoms with E-state index < -0.39 is 0 Å². The van der Waals surface area contributed by atoms with E-state index >= 15 is 0 Å². The average molecular weight is 309 g/mol. The third-order valence-electron chi connectivity index (χ3n) is 4.47. The van der Waals surface area contributed by atoms with Crippen molar-refractivity contribution in [3.63, 3.8) is 0 Å². The minimum atomic E-state index is -0.182. The van der Waals surface area contributed by atoms with Crippen molar-refractivity contribution < 1.29 is 4.79 Å². The summed E-state index contributed by atoms with van der Waals surface area (Å²) >= 11 is 0. The van der Waals surface area contributed by atoms with Gasteiger partial charge in [0.05, 0.1) is 5.69 Å². The van der Waals surface area contributed by atoms with Gasteiger partial charge in [0, 0.05) is 19.3 Å². The summed E-state index contributed by atoms with van der Waals surface area (Å²) in [5, 5.41) is 3.16. The van der Waals surface area contributed by atoms with E-state index in [0.717, 1.165) is 24.1 Å². The van der Waals surface area contributed by atoms with E-state index in [4.69, 9.17) is 0 Å². The molecule has 4 heteroatoms. The van der Waals surface area contributed by atoms with E-state index in [2.05, 4.69) is 10.3 Å². The first-order valence-electron chi connectivity index (χ1n) is 8.25. The topological polar surface area (TPSA) is 45.2 Å². The molecule has 1 aromatic heterocycles. The van der Waals surface area contributed by atoms with Gasteiger partial charge < -0.3 is 10.2 Å². The maximum atomic E-state index is 12.7. The third kappa shape index (κ3) is 3.70. The summed E-state index contributed by atoms with van der Waals surface area (Å²) < 4.78 is 0. The number of hydrogen-bond acceptors (Lipinski definition) is 2. The van der Waals surface area contributed by atoms with Crippen LogP contribution < -0.4 is 5.32 Å². The smallest absolute Gasteiger partial charge is 0.318 e. The Labute approximate surface area is 137 Å². The average Bonchev–Trinajstić information content (AvgIpc) is 3.10. The van der Waals surface area contributed by atoms with Gasteiger partial charge in [0.15, 0.2) is 0 Å². The second-order valence-electron chi connectivity index (χ2n) is 6.11. The molecule has 0 spiro atoms. The number of benzene rings is 1. The molecule has 1 saturated carbocycles. The summed E-state index contributed by atoms with van der Waals surface area (Å²) in [6.07, 6.45) is 6.35. The van der Waals surface area contributed by atoms with Gasteiger partial charge >= 0.3 is 6.03 Å².